The molecular formula is C29H31NO6S. The number of carbonyl (C=O) groups is 2. The number of carbonyl (C=O) groups excluding carboxylic acids is 2. The minimum absolute atomic E-state index is 0.0795. The Hall–Kier alpha value is -3.78. The number of Topliss-reactive ketones (excluding diaryl/α,β-unsaturated/α-hetero) is 1. The van der Waals surface area contributed by atoms with Crippen LogP contribution >= 0.6 is 11.3 Å². The maximum atomic E-state index is 13.4. The second-order valence-corrected chi connectivity index (χ2v) is 10.2. The number of aryl methyl sites for hydroxylation is 1. The first kappa shape index (κ1) is 26.3. The van der Waals surface area contributed by atoms with Crippen molar-refractivity contribution in [1.29, 1.82) is 0 Å². The molecule has 1 aliphatic heterocycles. The molecule has 1 aliphatic rings. The first-order valence-electron chi connectivity index (χ1n) is 11.9. The van der Waals surface area contributed by atoms with Crippen molar-refractivity contribution in [1.82, 2.24) is 4.90 Å². The number of aliphatic hydroxyl groups excluding tert-OH is 1. The highest BCUT2D eigenvalue weighted by Crippen LogP contribution is 2.43. The Bertz CT molecular complexity index is 1360. The summed E-state index contributed by atoms with van der Waals surface area (Å²) in [6, 6.07) is 12.1. The number of thiophene rings is 1. The second-order valence-electron chi connectivity index (χ2n) is 9.20. The van der Waals surface area contributed by atoms with Gasteiger partial charge in [-0.2, -0.15) is 0 Å². The normalized spacial score (nSPS) is 16.9. The Morgan fingerprint density at radius 2 is 1.70 bits per heavy atom. The lowest BCUT2D eigenvalue weighted by molar-refractivity contribution is -0.140. The highest BCUT2D eigenvalue weighted by Gasteiger charge is 2.46. The number of hydrogen-bond acceptors (Lipinski definition) is 7. The van der Waals surface area contributed by atoms with E-state index in [9.17, 15) is 14.7 Å². The Morgan fingerprint density at radius 3 is 2.30 bits per heavy atom. The zero-order valence-electron chi connectivity index (χ0n) is 21.8. The lowest BCUT2D eigenvalue weighted by Gasteiger charge is -2.25. The minimum atomic E-state index is -0.725. The van der Waals surface area contributed by atoms with Crippen molar-refractivity contribution in [3.8, 4) is 17.2 Å². The molecule has 1 N–H and O–H groups in total. The predicted octanol–water partition coefficient (Wildman–Crippen LogP) is 5.83. The van der Waals surface area contributed by atoms with E-state index in [1.165, 1.54) is 16.2 Å². The van der Waals surface area contributed by atoms with Crippen molar-refractivity contribution in [2.75, 3.05) is 21.3 Å². The van der Waals surface area contributed by atoms with Crippen LogP contribution in [0.2, 0.25) is 0 Å². The van der Waals surface area contributed by atoms with Gasteiger partial charge in [0, 0.05) is 17.0 Å². The molecule has 0 aliphatic carbocycles. The first-order chi connectivity index (χ1) is 17.7. The van der Waals surface area contributed by atoms with Gasteiger partial charge in [-0.05, 0) is 65.2 Å². The summed E-state index contributed by atoms with van der Waals surface area (Å²) < 4.78 is 16.3. The highest BCUT2D eigenvalue weighted by molar-refractivity contribution is 7.10. The molecular weight excluding hydrogens is 490 g/mol. The van der Waals surface area contributed by atoms with Gasteiger partial charge in [0.25, 0.3) is 11.7 Å². The molecule has 1 unspecified atom stereocenters. The van der Waals surface area contributed by atoms with Gasteiger partial charge in [0.1, 0.15) is 11.5 Å². The standard InChI is InChI=1S/C29H31NO6S/c1-16(2)19-14-20(17(3)12-22(19)35-5)27(31)25-26(24-8-7-11-37-24)30(29(33)28(25)32)15-18-9-10-21(34-4)23(13-18)36-6/h7-14,16,26,31H,15H2,1-6H3/b27-25+. The van der Waals surface area contributed by atoms with Crippen LogP contribution in [-0.2, 0) is 16.1 Å². The smallest absolute Gasteiger partial charge is 0.295 e. The number of hydrogen-bond donors (Lipinski definition) is 1. The zero-order chi connectivity index (χ0) is 26.9. The average molecular weight is 522 g/mol. The molecule has 1 saturated heterocycles. The van der Waals surface area contributed by atoms with E-state index in [4.69, 9.17) is 14.2 Å². The summed E-state index contributed by atoms with van der Waals surface area (Å²) in [5.41, 5.74) is 3.01. The van der Waals surface area contributed by atoms with Gasteiger partial charge in [0.2, 0.25) is 0 Å². The van der Waals surface area contributed by atoms with Crippen LogP contribution in [0, 0.1) is 6.92 Å². The van der Waals surface area contributed by atoms with Gasteiger partial charge in [-0.25, -0.2) is 0 Å². The Kier molecular flexibility index (Phi) is 7.59. The molecule has 4 rings (SSSR count). The molecule has 0 bridgehead atoms. The molecule has 194 valence electrons. The molecule has 8 heteroatoms. The fourth-order valence-electron chi connectivity index (χ4n) is 4.69. The van der Waals surface area contributed by atoms with Crippen LogP contribution in [0.4, 0.5) is 0 Å². The van der Waals surface area contributed by atoms with Crippen LogP contribution in [0.5, 0.6) is 17.2 Å². The van der Waals surface area contributed by atoms with Crippen LogP contribution < -0.4 is 14.2 Å². The number of likely N-dealkylation sites (tertiary alicyclic amines) is 1. The number of nitrogens with zero attached hydrogens (tertiary/aromatic N) is 1. The summed E-state index contributed by atoms with van der Waals surface area (Å²) >= 11 is 1.43. The van der Waals surface area contributed by atoms with E-state index >= 15 is 0 Å². The topological polar surface area (TPSA) is 85.3 Å². The molecule has 1 aromatic heterocycles. The van der Waals surface area contributed by atoms with Crippen molar-refractivity contribution in [3.63, 3.8) is 0 Å². The lowest BCUT2D eigenvalue weighted by atomic mass is 9.92. The summed E-state index contributed by atoms with van der Waals surface area (Å²) in [4.78, 5) is 29.1. The Morgan fingerprint density at radius 1 is 1.00 bits per heavy atom. The molecule has 1 fully saturated rings. The molecule has 0 spiro atoms. The fraction of sp³-hybridized carbons (Fsp3) is 0.310. The van der Waals surface area contributed by atoms with Crippen LogP contribution in [0.15, 0.2) is 53.4 Å². The zero-order valence-corrected chi connectivity index (χ0v) is 22.6. The van der Waals surface area contributed by atoms with Gasteiger partial charge in [0.15, 0.2) is 11.5 Å². The van der Waals surface area contributed by atoms with E-state index in [0.717, 1.165) is 21.6 Å². The third-order valence-corrected chi connectivity index (χ3v) is 7.53. The number of amides is 1. The van der Waals surface area contributed by atoms with E-state index in [0.29, 0.717) is 22.8 Å². The fourth-order valence-corrected chi connectivity index (χ4v) is 5.53. The number of aliphatic hydroxyl groups is 1. The van der Waals surface area contributed by atoms with Crippen molar-refractivity contribution in [2.45, 2.75) is 39.3 Å². The van der Waals surface area contributed by atoms with Crippen LogP contribution in [0.25, 0.3) is 5.76 Å². The summed E-state index contributed by atoms with van der Waals surface area (Å²) in [6.07, 6.45) is 0. The summed E-state index contributed by atoms with van der Waals surface area (Å²) in [5, 5.41) is 13.5. The molecule has 1 amide bonds. The average Bonchev–Trinajstić information content (AvgIpc) is 3.50. The summed E-state index contributed by atoms with van der Waals surface area (Å²) in [6.45, 7) is 6.07. The highest BCUT2D eigenvalue weighted by atomic mass is 32.1. The quantitative estimate of drug-likeness (QED) is 0.228. The Balaban J connectivity index is 1.85. The third kappa shape index (κ3) is 4.81. The molecule has 0 saturated carbocycles. The van der Waals surface area contributed by atoms with Crippen molar-refractivity contribution >= 4 is 28.8 Å². The maximum absolute atomic E-state index is 13.4. The largest absolute Gasteiger partial charge is 0.507 e. The molecule has 1 atom stereocenters. The number of benzene rings is 2. The minimum Gasteiger partial charge on any atom is -0.507 e. The van der Waals surface area contributed by atoms with Crippen LogP contribution in [-0.4, -0.2) is 43.0 Å². The van der Waals surface area contributed by atoms with Gasteiger partial charge in [-0.15, -0.1) is 11.3 Å². The third-order valence-electron chi connectivity index (χ3n) is 6.61. The van der Waals surface area contributed by atoms with E-state index in [-0.39, 0.29) is 23.8 Å². The van der Waals surface area contributed by atoms with Gasteiger partial charge < -0.3 is 24.2 Å². The van der Waals surface area contributed by atoms with Gasteiger partial charge >= 0.3 is 0 Å². The molecule has 2 heterocycles. The summed E-state index contributed by atoms with van der Waals surface area (Å²) in [7, 11) is 4.71. The lowest BCUT2D eigenvalue weighted by Crippen LogP contribution is -2.28. The Labute approximate surface area is 220 Å². The van der Waals surface area contributed by atoms with Crippen LogP contribution in [0.1, 0.15) is 52.9 Å². The molecule has 37 heavy (non-hydrogen) atoms. The maximum Gasteiger partial charge on any atom is 0.295 e. The summed E-state index contributed by atoms with van der Waals surface area (Å²) in [5.74, 6) is 0.380. The van der Waals surface area contributed by atoms with Crippen molar-refractivity contribution in [2.24, 2.45) is 0 Å². The first-order valence-corrected chi connectivity index (χ1v) is 12.8. The van der Waals surface area contributed by atoms with E-state index in [2.05, 4.69) is 0 Å². The van der Waals surface area contributed by atoms with Crippen LogP contribution in [0.3, 0.4) is 0 Å². The van der Waals surface area contributed by atoms with Crippen molar-refractivity contribution in [3.05, 3.63) is 80.5 Å². The van der Waals surface area contributed by atoms with Crippen molar-refractivity contribution < 1.29 is 28.9 Å². The van der Waals surface area contributed by atoms with E-state index in [1.54, 1.807) is 33.5 Å². The number of rotatable bonds is 8. The second kappa shape index (κ2) is 10.7. The SMILES string of the molecule is COc1ccc(CN2C(=O)C(=O)/C(=C(/O)c3cc(C(C)C)c(OC)cc3C)C2c2cccs2)cc1OC. The molecule has 3 aromatic rings. The molecule has 7 nitrogen and oxygen atoms in total. The molecule has 2 aromatic carbocycles. The van der Waals surface area contributed by atoms with Gasteiger partial charge in [-0.1, -0.05) is 26.0 Å². The monoisotopic (exact) mass is 521 g/mol. The van der Waals surface area contributed by atoms with Gasteiger partial charge in [-0.3, -0.25) is 9.59 Å². The number of methoxy groups -OCH3 is 3. The molecule has 0 radical (unpaired) electrons. The predicted molar refractivity (Wildman–Crippen MR) is 144 cm³/mol. The number of ketones is 1. The number of ether oxygens (including phenoxy) is 3. The van der Waals surface area contributed by atoms with Gasteiger partial charge in [0.05, 0.1) is 32.9 Å². The van der Waals surface area contributed by atoms with E-state index in [1.807, 2.05) is 56.5 Å². The van der Waals surface area contributed by atoms with E-state index < -0.39 is 17.7 Å².